The van der Waals surface area contributed by atoms with E-state index in [1.165, 1.54) is 4.57 Å². The van der Waals surface area contributed by atoms with Crippen LogP contribution < -0.4 is 5.69 Å². The molecule has 1 N–H and O–H groups in total. The van der Waals surface area contributed by atoms with Gasteiger partial charge in [-0.2, -0.15) is 5.10 Å². The number of aliphatic hydroxyl groups is 1. The zero-order valence-electron chi connectivity index (χ0n) is 26.6. The molecule has 12 heteroatoms. The van der Waals surface area contributed by atoms with Gasteiger partial charge >= 0.3 is 11.7 Å². The third-order valence-corrected chi connectivity index (χ3v) is 9.67. The molecule has 1 unspecified atom stereocenters. The highest BCUT2D eigenvalue weighted by atomic mass is 35.5. The minimum atomic E-state index is -0.652. The Labute approximate surface area is 272 Å². The van der Waals surface area contributed by atoms with Gasteiger partial charge in [0.2, 0.25) is 5.91 Å². The van der Waals surface area contributed by atoms with Gasteiger partial charge in [-0.25, -0.2) is 4.79 Å². The van der Waals surface area contributed by atoms with Gasteiger partial charge in [-0.3, -0.25) is 23.4 Å². The van der Waals surface area contributed by atoms with Gasteiger partial charge in [-0.1, -0.05) is 29.8 Å². The quantitative estimate of drug-likeness (QED) is 0.275. The second kappa shape index (κ2) is 13.4. The van der Waals surface area contributed by atoms with Crippen molar-refractivity contribution in [1.82, 2.24) is 28.7 Å². The van der Waals surface area contributed by atoms with E-state index >= 15 is 0 Å². The van der Waals surface area contributed by atoms with Crippen LogP contribution >= 0.6 is 11.6 Å². The van der Waals surface area contributed by atoms with Crippen molar-refractivity contribution in [3.05, 3.63) is 74.8 Å². The highest BCUT2D eigenvalue weighted by Gasteiger charge is 2.30. The molecule has 2 aliphatic heterocycles. The maximum absolute atomic E-state index is 13.5. The number of nitrogens with zero attached hydrogens (tertiary/aromatic N) is 6. The fourth-order valence-corrected chi connectivity index (χ4v) is 7.04. The lowest BCUT2D eigenvalue weighted by Gasteiger charge is -2.33. The molecule has 2 aromatic heterocycles. The summed E-state index contributed by atoms with van der Waals surface area (Å²) in [4.78, 5) is 42.1. The molecule has 0 bridgehead atoms. The first kappa shape index (κ1) is 32.0. The molecule has 2 aliphatic rings. The number of esters is 1. The molecule has 4 heterocycles. The van der Waals surface area contributed by atoms with Crippen LogP contribution in [0.5, 0.6) is 0 Å². The summed E-state index contributed by atoms with van der Waals surface area (Å²) < 4.78 is 10.4. The second-order valence-corrected chi connectivity index (χ2v) is 12.7. The van der Waals surface area contributed by atoms with Crippen LogP contribution in [0, 0.1) is 6.92 Å². The number of para-hydroxylation sites is 2. The van der Waals surface area contributed by atoms with E-state index in [4.69, 9.17) is 21.4 Å². The largest absolute Gasteiger partial charge is 0.465 e. The van der Waals surface area contributed by atoms with E-state index < -0.39 is 12.1 Å². The molecule has 1 atom stereocenters. The molecule has 0 saturated carbocycles. The number of carbonyl (C=O) groups is 2. The number of amides is 1. The lowest BCUT2D eigenvalue weighted by Crippen LogP contribution is -2.42. The fraction of sp³-hybridized carbons (Fsp3) is 0.471. The van der Waals surface area contributed by atoms with Crippen LogP contribution in [0.3, 0.4) is 0 Å². The summed E-state index contributed by atoms with van der Waals surface area (Å²) in [6.07, 6.45) is 1.52. The Morgan fingerprint density at radius 1 is 1.09 bits per heavy atom. The molecule has 1 fully saturated rings. The van der Waals surface area contributed by atoms with Crippen molar-refractivity contribution in [2.75, 3.05) is 32.8 Å². The van der Waals surface area contributed by atoms with Crippen molar-refractivity contribution in [3.63, 3.8) is 0 Å². The number of piperidine rings is 1. The van der Waals surface area contributed by atoms with Crippen molar-refractivity contribution >= 4 is 34.5 Å². The summed E-state index contributed by atoms with van der Waals surface area (Å²) >= 11 is 6.30. The average molecular weight is 649 g/mol. The molecule has 6 rings (SSSR count). The third kappa shape index (κ3) is 6.36. The Morgan fingerprint density at radius 3 is 2.52 bits per heavy atom. The molecule has 244 valence electrons. The van der Waals surface area contributed by atoms with E-state index in [-0.39, 0.29) is 30.8 Å². The summed E-state index contributed by atoms with van der Waals surface area (Å²) in [5, 5.41) is 16.9. The number of β-amino-alcohol motifs (C(OH)–C–C–N with tert-alkyl or cyclic N) is 1. The van der Waals surface area contributed by atoms with Crippen LogP contribution in [0.1, 0.15) is 49.6 Å². The van der Waals surface area contributed by atoms with Gasteiger partial charge < -0.3 is 19.6 Å². The van der Waals surface area contributed by atoms with Crippen molar-refractivity contribution in [1.29, 1.82) is 0 Å². The summed E-state index contributed by atoms with van der Waals surface area (Å²) in [5.74, 6) is -0.396. The smallest absolute Gasteiger partial charge is 0.329 e. The minimum absolute atomic E-state index is 0.0121. The molecule has 46 heavy (non-hydrogen) atoms. The van der Waals surface area contributed by atoms with Gasteiger partial charge in [0.15, 0.2) is 0 Å². The maximum Gasteiger partial charge on any atom is 0.329 e. The van der Waals surface area contributed by atoms with Crippen molar-refractivity contribution in [3.8, 4) is 11.3 Å². The molecule has 11 nitrogen and oxygen atoms in total. The Bertz CT molecular complexity index is 1820. The minimum Gasteiger partial charge on any atom is -0.465 e. The average Bonchev–Trinajstić information content (AvgIpc) is 3.53. The number of ether oxygens (including phenoxy) is 1. The summed E-state index contributed by atoms with van der Waals surface area (Å²) in [6.45, 7) is 8.83. The van der Waals surface area contributed by atoms with Gasteiger partial charge in [-0.15, -0.1) is 0 Å². The SMILES string of the molecule is CCOC(=O)Cn1c(=O)n(C2CCN(CC(O)Cn3nc(-c4ccc(Cl)c(C)c4)c4c3CCN(C(C)=O)C4)CC2)c2ccccc21. The number of imidazole rings is 1. The van der Waals surface area contributed by atoms with Crippen LogP contribution in [0.15, 0.2) is 47.3 Å². The molecule has 0 spiro atoms. The molecule has 2 aromatic carbocycles. The molecular weight excluding hydrogens is 608 g/mol. The monoisotopic (exact) mass is 648 g/mol. The first-order valence-electron chi connectivity index (χ1n) is 16.0. The van der Waals surface area contributed by atoms with Gasteiger partial charge in [0, 0.05) is 74.0 Å². The second-order valence-electron chi connectivity index (χ2n) is 12.3. The van der Waals surface area contributed by atoms with Crippen molar-refractivity contribution < 1.29 is 19.4 Å². The van der Waals surface area contributed by atoms with Crippen LogP contribution in [0.2, 0.25) is 5.02 Å². The summed E-state index contributed by atoms with van der Waals surface area (Å²) in [7, 11) is 0. The standard InChI is InChI=1S/C34H41ClN6O5/c1-4-46-32(44)21-39-30-7-5-6-8-31(30)41(34(39)45)25-11-14-37(15-12-25)18-26(43)19-40-29-13-16-38(23(3)42)20-27(29)33(36-40)24-9-10-28(35)22(2)17-24/h5-10,17,25-26,43H,4,11-16,18-21H2,1-3H3. The first-order valence-corrected chi connectivity index (χ1v) is 16.4. The molecular formula is C34H41ClN6O5. The zero-order valence-corrected chi connectivity index (χ0v) is 27.4. The van der Waals surface area contributed by atoms with Crippen LogP contribution in [0.25, 0.3) is 22.3 Å². The van der Waals surface area contributed by atoms with Crippen LogP contribution in [-0.2, 0) is 40.4 Å². The number of benzene rings is 2. The lowest BCUT2D eigenvalue weighted by molar-refractivity contribution is -0.143. The first-order chi connectivity index (χ1) is 22.1. The highest BCUT2D eigenvalue weighted by molar-refractivity contribution is 6.31. The van der Waals surface area contributed by atoms with Gasteiger partial charge in [-0.05, 0) is 56.5 Å². The lowest BCUT2D eigenvalue weighted by atomic mass is 9.99. The normalized spacial score (nSPS) is 16.5. The fourth-order valence-electron chi connectivity index (χ4n) is 6.92. The zero-order chi connectivity index (χ0) is 32.5. The highest BCUT2D eigenvalue weighted by Crippen LogP contribution is 2.33. The summed E-state index contributed by atoms with van der Waals surface area (Å²) in [6, 6.07) is 13.4. The molecule has 1 amide bonds. The molecule has 0 radical (unpaired) electrons. The van der Waals surface area contributed by atoms with Crippen LogP contribution in [0.4, 0.5) is 0 Å². The van der Waals surface area contributed by atoms with E-state index in [2.05, 4.69) is 4.90 Å². The summed E-state index contributed by atoms with van der Waals surface area (Å²) in [5.41, 5.74) is 6.12. The predicted octanol–water partition coefficient (Wildman–Crippen LogP) is 3.79. The number of likely N-dealkylation sites (tertiary alicyclic amines) is 1. The van der Waals surface area contributed by atoms with Gasteiger partial charge in [0.05, 0.1) is 36.0 Å². The molecule has 0 aliphatic carbocycles. The Hall–Kier alpha value is -3.93. The van der Waals surface area contributed by atoms with E-state index in [0.29, 0.717) is 37.6 Å². The van der Waals surface area contributed by atoms with Crippen molar-refractivity contribution in [2.45, 2.75) is 71.8 Å². The predicted molar refractivity (Wildman–Crippen MR) is 176 cm³/mol. The molecule has 4 aromatic rings. The Balaban J connectivity index is 1.15. The van der Waals surface area contributed by atoms with Crippen LogP contribution in [-0.4, -0.2) is 84.6 Å². The Morgan fingerprint density at radius 2 is 1.83 bits per heavy atom. The number of aromatic nitrogens is 4. The number of hydrogen-bond donors (Lipinski definition) is 1. The Kier molecular flexibility index (Phi) is 9.35. The number of carbonyl (C=O) groups excluding carboxylic acids is 2. The van der Waals surface area contributed by atoms with Crippen molar-refractivity contribution in [2.24, 2.45) is 0 Å². The van der Waals surface area contributed by atoms with E-state index in [9.17, 15) is 19.5 Å². The van der Waals surface area contributed by atoms with E-state index in [1.54, 1.807) is 13.8 Å². The van der Waals surface area contributed by atoms with E-state index in [1.807, 2.05) is 63.5 Å². The number of aryl methyl sites for hydroxylation is 1. The van der Waals surface area contributed by atoms with Gasteiger partial charge in [0.25, 0.3) is 0 Å². The molecule has 1 saturated heterocycles. The van der Waals surface area contributed by atoms with Gasteiger partial charge in [0.1, 0.15) is 6.54 Å². The number of aliphatic hydroxyl groups excluding tert-OH is 1. The number of halogens is 1. The maximum atomic E-state index is 13.5. The number of hydrogen-bond acceptors (Lipinski definition) is 7. The number of fused-ring (bicyclic) bond motifs is 2. The number of rotatable bonds is 9. The topological polar surface area (TPSA) is 115 Å². The van der Waals surface area contributed by atoms with E-state index in [0.717, 1.165) is 65.0 Å². The third-order valence-electron chi connectivity index (χ3n) is 9.25.